The Labute approximate surface area is 104 Å². The number of piperazine rings is 1. The first-order valence-electron chi connectivity index (χ1n) is 6.49. The van der Waals surface area contributed by atoms with Crippen LogP contribution in [0.3, 0.4) is 0 Å². The summed E-state index contributed by atoms with van der Waals surface area (Å²) in [6.45, 7) is 12.3. The number of carbonyl (C=O) groups excluding carboxylic acids is 1. The molecule has 0 radical (unpaired) electrons. The highest BCUT2D eigenvalue weighted by molar-refractivity contribution is 5.88. The van der Waals surface area contributed by atoms with Crippen LogP contribution in [0.25, 0.3) is 0 Å². The molecule has 2 aliphatic rings. The van der Waals surface area contributed by atoms with Gasteiger partial charge in [0.15, 0.2) is 0 Å². The van der Waals surface area contributed by atoms with Crippen molar-refractivity contribution in [2.45, 2.75) is 31.8 Å². The second-order valence-corrected chi connectivity index (χ2v) is 5.29. The Hall–Kier alpha value is -0.870. The molecule has 1 atom stereocenters. The first kappa shape index (κ1) is 12.6. The lowest BCUT2D eigenvalue weighted by atomic mass is 9.90. The minimum Gasteiger partial charge on any atom is -0.337 e. The second-order valence-electron chi connectivity index (χ2n) is 5.29. The van der Waals surface area contributed by atoms with Crippen LogP contribution in [0.2, 0.25) is 0 Å². The fourth-order valence-electron chi connectivity index (χ4n) is 2.99. The summed E-state index contributed by atoms with van der Waals surface area (Å²) in [4.78, 5) is 17.0. The van der Waals surface area contributed by atoms with E-state index in [0.29, 0.717) is 11.9 Å². The van der Waals surface area contributed by atoms with E-state index in [2.05, 4.69) is 30.6 Å². The van der Waals surface area contributed by atoms with Crippen LogP contribution < -0.4 is 5.32 Å². The third-order valence-electron chi connectivity index (χ3n) is 3.98. The van der Waals surface area contributed by atoms with Crippen molar-refractivity contribution >= 4 is 5.91 Å². The number of amides is 1. The summed E-state index contributed by atoms with van der Waals surface area (Å²) in [6.07, 6.45) is 2.82. The molecule has 2 fully saturated rings. The Morgan fingerprint density at radius 2 is 2.29 bits per heavy atom. The summed E-state index contributed by atoms with van der Waals surface area (Å²) in [6, 6.07) is 0.297. The first-order chi connectivity index (χ1) is 8.12. The molecule has 1 N–H and O–H groups in total. The van der Waals surface area contributed by atoms with Crippen molar-refractivity contribution in [3.63, 3.8) is 0 Å². The van der Waals surface area contributed by atoms with Crippen molar-refractivity contribution in [3.05, 3.63) is 12.7 Å². The van der Waals surface area contributed by atoms with Crippen LogP contribution in [0.1, 0.15) is 20.3 Å². The minimum atomic E-state index is -0.309. The number of rotatable bonds is 3. The molecule has 2 heterocycles. The molecule has 17 heavy (non-hydrogen) atoms. The number of nitrogens with zero attached hydrogens (tertiary/aromatic N) is 2. The highest BCUT2D eigenvalue weighted by Gasteiger charge is 2.50. The Morgan fingerprint density at radius 1 is 1.53 bits per heavy atom. The van der Waals surface area contributed by atoms with E-state index in [4.69, 9.17) is 0 Å². The molecule has 0 saturated carbocycles. The summed E-state index contributed by atoms with van der Waals surface area (Å²) in [5, 5.41) is 3.34. The highest BCUT2D eigenvalue weighted by Crippen LogP contribution is 2.30. The molecule has 1 amide bonds. The lowest BCUT2D eigenvalue weighted by Gasteiger charge is -2.48. The van der Waals surface area contributed by atoms with E-state index in [1.165, 1.54) is 0 Å². The van der Waals surface area contributed by atoms with E-state index in [-0.39, 0.29) is 5.54 Å². The summed E-state index contributed by atoms with van der Waals surface area (Å²) < 4.78 is 0. The zero-order valence-electron chi connectivity index (χ0n) is 10.9. The van der Waals surface area contributed by atoms with Crippen LogP contribution in [-0.2, 0) is 4.79 Å². The van der Waals surface area contributed by atoms with Gasteiger partial charge in [0.2, 0.25) is 5.91 Å². The molecule has 2 saturated heterocycles. The molecule has 0 unspecified atom stereocenters. The average molecular weight is 237 g/mol. The standard InChI is InChI=1S/C13H23N3O/c1-4-7-15-8-9-16(11(2)3)12(17)13(15)5-6-14-10-13/h4,11,14H,1,5-10H2,2-3H3/t13-/m1/s1. The van der Waals surface area contributed by atoms with Crippen molar-refractivity contribution < 1.29 is 4.79 Å². The highest BCUT2D eigenvalue weighted by atomic mass is 16.2. The molecule has 0 aromatic rings. The van der Waals surface area contributed by atoms with Gasteiger partial charge in [-0.3, -0.25) is 9.69 Å². The molecule has 0 aromatic heterocycles. The van der Waals surface area contributed by atoms with Crippen LogP contribution in [0.4, 0.5) is 0 Å². The largest absolute Gasteiger partial charge is 0.337 e. The molecule has 1 spiro atoms. The molecule has 0 aliphatic carbocycles. The van der Waals surface area contributed by atoms with E-state index in [1.807, 2.05) is 11.0 Å². The van der Waals surface area contributed by atoms with Gasteiger partial charge in [0, 0.05) is 32.2 Å². The van der Waals surface area contributed by atoms with E-state index < -0.39 is 0 Å². The maximum atomic E-state index is 12.7. The van der Waals surface area contributed by atoms with Gasteiger partial charge < -0.3 is 10.2 Å². The molecule has 0 aromatic carbocycles. The van der Waals surface area contributed by atoms with Crippen LogP contribution >= 0.6 is 0 Å². The molecular formula is C13H23N3O. The predicted molar refractivity (Wildman–Crippen MR) is 68.8 cm³/mol. The van der Waals surface area contributed by atoms with Gasteiger partial charge in [0.05, 0.1) is 0 Å². The predicted octanol–water partition coefficient (Wildman–Crippen LogP) is 0.457. The monoisotopic (exact) mass is 237 g/mol. The third-order valence-corrected chi connectivity index (χ3v) is 3.98. The lowest BCUT2D eigenvalue weighted by molar-refractivity contribution is -0.151. The van der Waals surface area contributed by atoms with Gasteiger partial charge in [-0.15, -0.1) is 6.58 Å². The molecular weight excluding hydrogens is 214 g/mol. The minimum absolute atomic E-state index is 0.297. The zero-order chi connectivity index (χ0) is 12.5. The van der Waals surface area contributed by atoms with Gasteiger partial charge in [-0.05, 0) is 26.8 Å². The number of hydrogen-bond donors (Lipinski definition) is 1. The van der Waals surface area contributed by atoms with E-state index in [0.717, 1.165) is 39.1 Å². The van der Waals surface area contributed by atoms with Gasteiger partial charge >= 0.3 is 0 Å². The van der Waals surface area contributed by atoms with Crippen molar-refractivity contribution in [2.24, 2.45) is 0 Å². The van der Waals surface area contributed by atoms with E-state index in [9.17, 15) is 4.79 Å². The molecule has 0 bridgehead atoms. The van der Waals surface area contributed by atoms with Gasteiger partial charge in [0.25, 0.3) is 0 Å². The van der Waals surface area contributed by atoms with Crippen LogP contribution in [0, 0.1) is 0 Å². The molecule has 2 aliphatic heterocycles. The maximum Gasteiger partial charge on any atom is 0.244 e. The fourth-order valence-corrected chi connectivity index (χ4v) is 2.99. The van der Waals surface area contributed by atoms with Gasteiger partial charge in [-0.2, -0.15) is 0 Å². The topological polar surface area (TPSA) is 35.6 Å². The number of nitrogens with one attached hydrogen (secondary N) is 1. The Kier molecular flexibility index (Phi) is 3.54. The van der Waals surface area contributed by atoms with Crippen LogP contribution in [-0.4, -0.2) is 60.0 Å². The van der Waals surface area contributed by atoms with Crippen molar-refractivity contribution in [1.82, 2.24) is 15.1 Å². The lowest BCUT2D eigenvalue weighted by Crippen LogP contribution is -2.67. The Morgan fingerprint density at radius 3 is 2.82 bits per heavy atom. The Balaban J connectivity index is 2.24. The SMILES string of the molecule is C=CCN1CCN(C(C)C)C(=O)[C@]12CCNC2. The summed E-state index contributed by atoms with van der Waals surface area (Å²) in [5.41, 5.74) is -0.309. The smallest absolute Gasteiger partial charge is 0.244 e. The summed E-state index contributed by atoms with van der Waals surface area (Å²) >= 11 is 0. The fraction of sp³-hybridized carbons (Fsp3) is 0.769. The molecule has 2 rings (SSSR count). The number of hydrogen-bond acceptors (Lipinski definition) is 3. The molecule has 4 heteroatoms. The van der Waals surface area contributed by atoms with E-state index in [1.54, 1.807) is 0 Å². The van der Waals surface area contributed by atoms with Crippen molar-refractivity contribution in [1.29, 1.82) is 0 Å². The quantitative estimate of drug-likeness (QED) is 0.724. The summed E-state index contributed by atoms with van der Waals surface area (Å²) in [7, 11) is 0. The molecule has 4 nitrogen and oxygen atoms in total. The second kappa shape index (κ2) is 4.78. The number of carbonyl (C=O) groups is 1. The normalized spacial score (nSPS) is 30.5. The van der Waals surface area contributed by atoms with Crippen LogP contribution in [0.5, 0.6) is 0 Å². The Bertz CT molecular complexity index is 308. The third kappa shape index (κ3) is 2.00. The zero-order valence-corrected chi connectivity index (χ0v) is 10.9. The van der Waals surface area contributed by atoms with Gasteiger partial charge in [0.1, 0.15) is 5.54 Å². The van der Waals surface area contributed by atoms with Crippen LogP contribution in [0.15, 0.2) is 12.7 Å². The van der Waals surface area contributed by atoms with E-state index >= 15 is 0 Å². The van der Waals surface area contributed by atoms with Gasteiger partial charge in [-0.25, -0.2) is 0 Å². The maximum absolute atomic E-state index is 12.7. The summed E-state index contributed by atoms with van der Waals surface area (Å²) in [5.74, 6) is 0.297. The van der Waals surface area contributed by atoms with Crippen molar-refractivity contribution in [2.75, 3.05) is 32.7 Å². The molecule has 96 valence electrons. The van der Waals surface area contributed by atoms with Gasteiger partial charge in [-0.1, -0.05) is 6.08 Å². The average Bonchev–Trinajstić information content (AvgIpc) is 2.75. The van der Waals surface area contributed by atoms with Crippen molar-refractivity contribution in [3.8, 4) is 0 Å². The first-order valence-corrected chi connectivity index (χ1v) is 6.49.